The van der Waals surface area contributed by atoms with Crippen LogP contribution in [0.15, 0.2) is 0 Å². The van der Waals surface area contributed by atoms with Crippen molar-refractivity contribution in [1.82, 2.24) is 20.0 Å². The van der Waals surface area contributed by atoms with Crippen molar-refractivity contribution in [2.24, 2.45) is 0 Å². The molecule has 0 saturated heterocycles. The Labute approximate surface area is 114 Å². The quantitative estimate of drug-likeness (QED) is 0.889. The van der Waals surface area contributed by atoms with Crippen molar-refractivity contribution in [1.29, 1.82) is 0 Å². The molecule has 2 aromatic rings. The molecule has 0 aliphatic heterocycles. The van der Waals surface area contributed by atoms with Gasteiger partial charge in [0.2, 0.25) is 0 Å². The number of anilines is 1. The molecule has 2 heterocycles. The normalized spacial score (nSPS) is 11.3. The van der Waals surface area contributed by atoms with Gasteiger partial charge in [0.05, 0.1) is 22.8 Å². The minimum atomic E-state index is 0.381. The average Bonchev–Trinajstić information content (AvgIpc) is 2.80. The number of aromatic nitrogens is 4. The molecule has 0 spiro atoms. The molecule has 2 N–H and O–H groups in total. The lowest BCUT2D eigenvalue weighted by Crippen LogP contribution is -2.06. The summed E-state index contributed by atoms with van der Waals surface area (Å²) in [5.74, 6) is 0. The second-order valence-electron chi connectivity index (χ2n) is 5.35. The molecule has 104 valence electrons. The number of rotatable bonds is 4. The van der Waals surface area contributed by atoms with Crippen LogP contribution in [-0.4, -0.2) is 20.0 Å². The van der Waals surface area contributed by atoms with E-state index >= 15 is 0 Å². The first-order valence-corrected chi connectivity index (χ1v) is 6.71. The number of hydrogen-bond acceptors (Lipinski definition) is 3. The van der Waals surface area contributed by atoms with E-state index in [0.29, 0.717) is 6.04 Å². The third-order valence-electron chi connectivity index (χ3n) is 3.54. The summed E-state index contributed by atoms with van der Waals surface area (Å²) in [6, 6.07) is 0.381. The minimum absolute atomic E-state index is 0.381. The second-order valence-corrected chi connectivity index (χ2v) is 5.35. The predicted octanol–water partition coefficient (Wildman–Crippen LogP) is 3.03. The van der Waals surface area contributed by atoms with E-state index in [2.05, 4.69) is 46.1 Å². The maximum absolute atomic E-state index is 4.59. The van der Waals surface area contributed by atoms with Crippen LogP contribution in [0.3, 0.4) is 0 Å². The first-order chi connectivity index (χ1) is 8.91. The van der Waals surface area contributed by atoms with Crippen molar-refractivity contribution in [2.45, 2.75) is 54.1 Å². The molecule has 19 heavy (non-hydrogen) atoms. The van der Waals surface area contributed by atoms with Gasteiger partial charge in [-0.2, -0.15) is 10.2 Å². The SMILES string of the molecule is Cc1n[nH]c(C)c1CNc1c(C)nn(C(C)C)c1C. The monoisotopic (exact) mass is 261 g/mol. The molecule has 0 radical (unpaired) electrons. The summed E-state index contributed by atoms with van der Waals surface area (Å²) >= 11 is 0. The molecule has 5 heteroatoms. The van der Waals surface area contributed by atoms with Crippen LogP contribution in [-0.2, 0) is 6.54 Å². The van der Waals surface area contributed by atoms with Crippen LogP contribution in [0.1, 0.15) is 48.2 Å². The standard InChI is InChI=1S/C14H23N5/c1-8(2)19-12(6)14(11(5)18-19)15-7-13-9(3)16-17-10(13)4/h8,15H,7H2,1-6H3,(H,16,17). The van der Waals surface area contributed by atoms with Crippen molar-refractivity contribution < 1.29 is 0 Å². The zero-order chi connectivity index (χ0) is 14.2. The largest absolute Gasteiger partial charge is 0.378 e. The molecule has 0 unspecified atom stereocenters. The highest BCUT2D eigenvalue weighted by molar-refractivity contribution is 5.52. The molecule has 0 aromatic carbocycles. The fourth-order valence-corrected chi connectivity index (χ4v) is 2.43. The van der Waals surface area contributed by atoms with Gasteiger partial charge in [-0.1, -0.05) is 0 Å². The van der Waals surface area contributed by atoms with Crippen LogP contribution < -0.4 is 5.32 Å². The van der Waals surface area contributed by atoms with Gasteiger partial charge in [0.1, 0.15) is 0 Å². The molecule has 0 fully saturated rings. The van der Waals surface area contributed by atoms with Gasteiger partial charge in [-0.25, -0.2) is 0 Å². The third-order valence-corrected chi connectivity index (χ3v) is 3.54. The van der Waals surface area contributed by atoms with Gasteiger partial charge in [0.15, 0.2) is 0 Å². The van der Waals surface area contributed by atoms with Crippen LogP contribution in [0.4, 0.5) is 5.69 Å². The van der Waals surface area contributed by atoms with Gasteiger partial charge in [0, 0.05) is 23.8 Å². The summed E-state index contributed by atoms with van der Waals surface area (Å²) in [5, 5.41) is 15.3. The summed E-state index contributed by atoms with van der Waals surface area (Å²) in [7, 11) is 0. The van der Waals surface area contributed by atoms with E-state index < -0.39 is 0 Å². The molecule has 5 nitrogen and oxygen atoms in total. The lowest BCUT2D eigenvalue weighted by Gasteiger charge is -2.10. The zero-order valence-electron chi connectivity index (χ0n) is 12.6. The number of aryl methyl sites for hydroxylation is 3. The van der Waals surface area contributed by atoms with E-state index in [1.807, 2.05) is 20.8 Å². The molecule has 0 atom stereocenters. The summed E-state index contributed by atoms with van der Waals surface area (Å²) in [5.41, 5.74) is 6.77. The lowest BCUT2D eigenvalue weighted by molar-refractivity contribution is 0.516. The Morgan fingerprint density at radius 3 is 2.32 bits per heavy atom. The van der Waals surface area contributed by atoms with Gasteiger partial charge in [0.25, 0.3) is 0 Å². The minimum Gasteiger partial charge on any atom is -0.378 e. The van der Waals surface area contributed by atoms with Crippen molar-refractivity contribution in [2.75, 3.05) is 5.32 Å². The van der Waals surface area contributed by atoms with Gasteiger partial charge in [-0.15, -0.1) is 0 Å². The highest BCUT2D eigenvalue weighted by Gasteiger charge is 2.14. The van der Waals surface area contributed by atoms with Crippen molar-refractivity contribution >= 4 is 5.69 Å². The Hall–Kier alpha value is -1.78. The molecule has 2 aromatic heterocycles. The maximum atomic E-state index is 4.59. The average molecular weight is 261 g/mol. The Morgan fingerprint density at radius 2 is 1.84 bits per heavy atom. The van der Waals surface area contributed by atoms with Crippen LogP contribution in [0, 0.1) is 27.7 Å². The molecule has 0 amide bonds. The van der Waals surface area contributed by atoms with E-state index in [1.165, 1.54) is 11.3 Å². The Bertz CT molecular complexity index is 557. The van der Waals surface area contributed by atoms with E-state index in [0.717, 1.165) is 29.3 Å². The summed E-state index contributed by atoms with van der Waals surface area (Å²) in [4.78, 5) is 0. The molecule has 0 aliphatic rings. The number of aromatic amines is 1. The van der Waals surface area contributed by atoms with E-state index in [-0.39, 0.29) is 0 Å². The van der Waals surface area contributed by atoms with Crippen molar-refractivity contribution in [3.05, 3.63) is 28.3 Å². The Morgan fingerprint density at radius 1 is 1.16 bits per heavy atom. The van der Waals surface area contributed by atoms with Crippen LogP contribution in [0.5, 0.6) is 0 Å². The van der Waals surface area contributed by atoms with Crippen molar-refractivity contribution in [3.63, 3.8) is 0 Å². The maximum Gasteiger partial charge on any atom is 0.0828 e. The number of H-pyrrole nitrogens is 1. The second kappa shape index (κ2) is 5.07. The summed E-state index contributed by atoms with van der Waals surface area (Å²) in [6.07, 6.45) is 0. The van der Waals surface area contributed by atoms with Crippen LogP contribution >= 0.6 is 0 Å². The zero-order valence-corrected chi connectivity index (χ0v) is 12.6. The van der Waals surface area contributed by atoms with E-state index in [4.69, 9.17) is 0 Å². The molecule has 0 bridgehead atoms. The van der Waals surface area contributed by atoms with Crippen LogP contribution in [0.2, 0.25) is 0 Å². The summed E-state index contributed by atoms with van der Waals surface area (Å²) < 4.78 is 2.06. The molecular weight excluding hydrogens is 238 g/mol. The fourth-order valence-electron chi connectivity index (χ4n) is 2.43. The smallest absolute Gasteiger partial charge is 0.0828 e. The molecule has 0 aliphatic carbocycles. The van der Waals surface area contributed by atoms with Gasteiger partial charge in [-0.05, 0) is 41.5 Å². The molecule has 2 rings (SSSR count). The lowest BCUT2D eigenvalue weighted by atomic mass is 10.2. The Kier molecular flexibility index (Phi) is 3.64. The van der Waals surface area contributed by atoms with E-state index in [9.17, 15) is 0 Å². The van der Waals surface area contributed by atoms with Crippen molar-refractivity contribution in [3.8, 4) is 0 Å². The van der Waals surface area contributed by atoms with Gasteiger partial charge < -0.3 is 5.32 Å². The fraction of sp³-hybridized carbons (Fsp3) is 0.571. The first kappa shape index (κ1) is 13.6. The molecule has 0 saturated carbocycles. The Balaban J connectivity index is 2.21. The van der Waals surface area contributed by atoms with E-state index in [1.54, 1.807) is 0 Å². The number of hydrogen-bond donors (Lipinski definition) is 2. The molecular formula is C14H23N5. The van der Waals surface area contributed by atoms with Gasteiger partial charge >= 0.3 is 0 Å². The van der Waals surface area contributed by atoms with Gasteiger partial charge in [-0.3, -0.25) is 9.78 Å². The topological polar surface area (TPSA) is 58.5 Å². The highest BCUT2D eigenvalue weighted by atomic mass is 15.3. The summed E-state index contributed by atoms with van der Waals surface area (Å²) in [6.45, 7) is 13.3. The predicted molar refractivity (Wildman–Crippen MR) is 77.5 cm³/mol. The first-order valence-electron chi connectivity index (χ1n) is 6.71. The number of nitrogens with one attached hydrogen (secondary N) is 2. The highest BCUT2D eigenvalue weighted by Crippen LogP contribution is 2.23. The number of nitrogens with zero attached hydrogens (tertiary/aromatic N) is 3. The van der Waals surface area contributed by atoms with Crippen LogP contribution in [0.25, 0.3) is 0 Å². The third kappa shape index (κ3) is 2.50.